The molecule has 1 N–H and O–H groups in total. The van der Waals surface area contributed by atoms with E-state index in [0.29, 0.717) is 6.07 Å². The number of alkyl halides is 3. The SMILES string of the molecule is CC(O)C(C)c1ccc(C(F)(F)F)cc1[N+](=O)[O-]. The molecule has 100 valence electrons. The Kier molecular flexibility index (Phi) is 3.95. The molecule has 18 heavy (non-hydrogen) atoms. The average Bonchev–Trinajstić information content (AvgIpc) is 2.25. The topological polar surface area (TPSA) is 63.4 Å². The minimum absolute atomic E-state index is 0.0861. The van der Waals surface area contributed by atoms with Crippen molar-refractivity contribution in [3.63, 3.8) is 0 Å². The molecule has 0 aliphatic heterocycles. The lowest BCUT2D eigenvalue weighted by atomic mass is 9.93. The Bertz CT molecular complexity index is 457. The molecule has 0 bridgehead atoms. The maximum Gasteiger partial charge on any atom is 0.416 e. The number of benzene rings is 1. The molecular formula is C11H12F3NO3. The number of nitro groups is 1. The molecule has 1 aromatic carbocycles. The summed E-state index contributed by atoms with van der Waals surface area (Å²) in [4.78, 5) is 9.91. The van der Waals surface area contributed by atoms with Gasteiger partial charge in [-0.1, -0.05) is 13.0 Å². The Hall–Kier alpha value is -1.63. The zero-order valence-electron chi connectivity index (χ0n) is 9.73. The van der Waals surface area contributed by atoms with Crippen molar-refractivity contribution >= 4 is 5.69 Å². The van der Waals surface area contributed by atoms with E-state index >= 15 is 0 Å². The second-order valence-corrected chi connectivity index (χ2v) is 4.06. The number of rotatable bonds is 3. The summed E-state index contributed by atoms with van der Waals surface area (Å²) in [5.41, 5.74) is -1.61. The molecule has 0 heterocycles. The summed E-state index contributed by atoms with van der Waals surface area (Å²) in [5, 5.41) is 20.1. The molecule has 0 saturated heterocycles. The van der Waals surface area contributed by atoms with Gasteiger partial charge in [-0.3, -0.25) is 10.1 Å². The van der Waals surface area contributed by atoms with Crippen LogP contribution in [0.5, 0.6) is 0 Å². The minimum atomic E-state index is -4.63. The molecule has 0 amide bonds. The van der Waals surface area contributed by atoms with Crippen LogP contribution in [0.4, 0.5) is 18.9 Å². The van der Waals surface area contributed by atoms with Crippen LogP contribution in [0.2, 0.25) is 0 Å². The quantitative estimate of drug-likeness (QED) is 0.673. The molecule has 0 aliphatic carbocycles. The largest absolute Gasteiger partial charge is 0.416 e. The van der Waals surface area contributed by atoms with Gasteiger partial charge >= 0.3 is 6.18 Å². The number of aliphatic hydroxyl groups excluding tert-OH is 1. The highest BCUT2D eigenvalue weighted by Gasteiger charge is 2.34. The second kappa shape index (κ2) is 4.93. The highest BCUT2D eigenvalue weighted by Crippen LogP contribution is 2.36. The zero-order valence-corrected chi connectivity index (χ0v) is 9.73. The fraction of sp³-hybridized carbons (Fsp3) is 0.455. The van der Waals surface area contributed by atoms with E-state index in [4.69, 9.17) is 0 Å². The maximum atomic E-state index is 12.5. The Morgan fingerprint density at radius 3 is 2.28 bits per heavy atom. The first kappa shape index (κ1) is 14.4. The lowest BCUT2D eigenvalue weighted by molar-refractivity contribution is -0.386. The number of nitro benzene ring substituents is 1. The van der Waals surface area contributed by atoms with Crippen LogP contribution in [0.15, 0.2) is 18.2 Å². The van der Waals surface area contributed by atoms with Gasteiger partial charge in [0, 0.05) is 17.5 Å². The van der Waals surface area contributed by atoms with Gasteiger partial charge in [0.2, 0.25) is 0 Å². The van der Waals surface area contributed by atoms with Crippen LogP contribution < -0.4 is 0 Å². The van der Waals surface area contributed by atoms with E-state index < -0.39 is 34.4 Å². The third kappa shape index (κ3) is 2.98. The number of nitrogens with zero attached hydrogens (tertiary/aromatic N) is 1. The highest BCUT2D eigenvalue weighted by atomic mass is 19.4. The summed E-state index contributed by atoms with van der Waals surface area (Å²) >= 11 is 0. The second-order valence-electron chi connectivity index (χ2n) is 4.06. The molecule has 0 fully saturated rings. The molecule has 1 rings (SSSR count). The van der Waals surface area contributed by atoms with Crippen molar-refractivity contribution in [1.29, 1.82) is 0 Å². The van der Waals surface area contributed by atoms with E-state index in [0.717, 1.165) is 12.1 Å². The van der Waals surface area contributed by atoms with Crippen molar-refractivity contribution in [2.75, 3.05) is 0 Å². The molecule has 0 saturated carbocycles. The van der Waals surface area contributed by atoms with Gasteiger partial charge in [0.1, 0.15) is 0 Å². The summed E-state index contributed by atoms with van der Waals surface area (Å²) < 4.78 is 37.4. The lowest BCUT2D eigenvalue weighted by Crippen LogP contribution is -2.14. The van der Waals surface area contributed by atoms with Crippen LogP contribution in [-0.2, 0) is 6.18 Å². The van der Waals surface area contributed by atoms with Gasteiger partial charge in [-0.05, 0) is 13.0 Å². The molecular weight excluding hydrogens is 251 g/mol. The third-order valence-electron chi connectivity index (χ3n) is 2.77. The summed E-state index contributed by atoms with van der Waals surface area (Å²) in [6, 6.07) is 2.31. The Labute approximate surface area is 101 Å². The zero-order chi connectivity index (χ0) is 14.1. The summed E-state index contributed by atoms with van der Waals surface area (Å²) in [6.45, 7) is 2.94. The highest BCUT2D eigenvalue weighted by molar-refractivity contribution is 5.46. The van der Waals surface area contributed by atoms with Crippen molar-refractivity contribution in [3.05, 3.63) is 39.4 Å². The van der Waals surface area contributed by atoms with E-state index in [1.807, 2.05) is 0 Å². The number of hydrogen-bond donors (Lipinski definition) is 1. The molecule has 0 spiro atoms. The minimum Gasteiger partial charge on any atom is -0.393 e. The van der Waals surface area contributed by atoms with E-state index in [9.17, 15) is 28.4 Å². The number of hydrogen-bond acceptors (Lipinski definition) is 3. The maximum absolute atomic E-state index is 12.5. The van der Waals surface area contributed by atoms with Crippen LogP contribution in [-0.4, -0.2) is 16.1 Å². The van der Waals surface area contributed by atoms with Gasteiger partial charge in [-0.25, -0.2) is 0 Å². The summed E-state index contributed by atoms with van der Waals surface area (Å²) in [6.07, 6.45) is -5.52. The van der Waals surface area contributed by atoms with Gasteiger partial charge in [0.05, 0.1) is 16.6 Å². The van der Waals surface area contributed by atoms with Crippen molar-refractivity contribution in [2.24, 2.45) is 0 Å². The molecule has 0 radical (unpaired) electrons. The molecule has 0 aliphatic rings. The van der Waals surface area contributed by atoms with Crippen LogP contribution in [0.25, 0.3) is 0 Å². The van der Waals surface area contributed by atoms with Crippen LogP contribution in [0.3, 0.4) is 0 Å². The fourth-order valence-electron chi connectivity index (χ4n) is 1.52. The van der Waals surface area contributed by atoms with Crippen molar-refractivity contribution < 1.29 is 23.2 Å². The van der Waals surface area contributed by atoms with Gasteiger partial charge < -0.3 is 5.11 Å². The van der Waals surface area contributed by atoms with Gasteiger partial charge in [-0.2, -0.15) is 13.2 Å². The lowest BCUT2D eigenvalue weighted by Gasteiger charge is -2.16. The molecule has 4 nitrogen and oxygen atoms in total. The van der Waals surface area contributed by atoms with Gasteiger partial charge in [-0.15, -0.1) is 0 Å². The van der Waals surface area contributed by atoms with Crippen LogP contribution in [0.1, 0.15) is 30.9 Å². The predicted molar refractivity (Wildman–Crippen MR) is 58.2 cm³/mol. The van der Waals surface area contributed by atoms with Crippen LogP contribution >= 0.6 is 0 Å². The first-order chi connectivity index (χ1) is 8.14. The molecule has 2 unspecified atom stereocenters. The molecule has 1 aromatic rings. The molecule has 0 aromatic heterocycles. The van der Waals surface area contributed by atoms with E-state index in [1.54, 1.807) is 0 Å². The monoisotopic (exact) mass is 263 g/mol. The van der Waals surface area contributed by atoms with E-state index in [-0.39, 0.29) is 5.56 Å². The van der Waals surface area contributed by atoms with Crippen LogP contribution in [0, 0.1) is 10.1 Å². The molecule has 7 heteroatoms. The Balaban J connectivity index is 3.34. The predicted octanol–water partition coefficient (Wildman–Crippen LogP) is 3.10. The molecule has 2 atom stereocenters. The third-order valence-corrected chi connectivity index (χ3v) is 2.77. The summed E-state index contributed by atoms with van der Waals surface area (Å²) in [5.74, 6) is -0.618. The first-order valence-electron chi connectivity index (χ1n) is 5.18. The number of aliphatic hydroxyl groups is 1. The van der Waals surface area contributed by atoms with Crippen molar-refractivity contribution in [3.8, 4) is 0 Å². The Morgan fingerprint density at radius 1 is 1.33 bits per heavy atom. The van der Waals surface area contributed by atoms with E-state index in [1.165, 1.54) is 13.8 Å². The first-order valence-corrected chi connectivity index (χ1v) is 5.18. The van der Waals surface area contributed by atoms with Gasteiger partial charge in [0.15, 0.2) is 0 Å². The Morgan fingerprint density at radius 2 is 1.89 bits per heavy atom. The normalized spacial score (nSPS) is 15.2. The fourth-order valence-corrected chi connectivity index (χ4v) is 1.52. The standard InChI is InChI=1S/C11H12F3NO3/c1-6(7(2)16)9-4-3-8(11(12,13)14)5-10(9)15(17)18/h3-7,16H,1-2H3. The average molecular weight is 263 g/mol. The van der Waals surface area contributed by atoms with Gasteiger partial charge in [0.25, 0.3) is 5.69 Å². The van der Waals surface area contributed by atoms with E-state index in [2.05, 4.69) is 0 Å². The van der Waals surface area contributed by atoms with Crippen molar-refractivity contribution in [2.45, 2.75) is 32.0 Å². The smallest absolute Gasteiger partial charge is 0.393 e. The number of halogens is 3. The van der Waals surface area contributed by atoms with Crippen molar-refractivity contribution in [1.82, 2.24) is 0 Å². The summed E-state index contributed by atoms with van der Waals surface area (Å²) in [7, 11) is 0.